The predicted octanol–water partition coefficient (Wildman–Crippen LogP) is 11.6. The van der Waals surface area contributed by atoms with Gasteiger partial charge in [0.15, 0.2) is 5.71 Å². The first-order valence-electron chi connectivity index (χ1n) is 30.9. The van der Waals surface area contributed by atoms with Crippen LogP contribution in [0, 0.1) is 19.8 Å². The molecule has 0 spiro atoms. The lowest BCUT2D eigenvalue weighted by atomic mass is 9.77. The van der Waals surface area contributed by atoms with Crippen molar-refractivity contribution in [2.24, 2.45) is 5.92 Å². The first-order chi connectivity index (χ1) is 45.0. The molecule has 486 valence electrons. The van der Waals surface area contributed by atoms with E-state index >= 15 is 0 Å². The van der Waals surface area contributed by atoms with Crippen molar-refractivity contribution < 1.29 is 47.9 Å². The van der Waals surface area contributed by atoms with Gasteiger partial charge in [0.05, 0.1) is 15.4 Å². The highest BCUT2D eigenvalue weighted by molar-refractivity contribution is 7.86. The number of benzene rings is 10. The lowest BCUT2D eigenvalue weighted by Gasteiger charge is -2.27. The maximum absolute atomic E-state index is 10.4. The van der Waals surface area contributed by atoms with E-state index in [9.17, 15) is 25.9 Å². The number of fused-ring (bicyclic) bond motifs is 2. The average Bonchev–Trinajstić information content (AvgIpc) is 0.776. The van der Waals surface area contributed by atoms with Crippen LogP contribution in [0.5, 0.6) is 0 Å². The van der Waals surface area contributed by atoms with Crippen molar-refractivity contribution in [3.05, 3.63) is 324 Å². The molecule has 0 aromatic heterocycles. The number of aryl methyl sites for hydroxylation is 2. The van der Waals surface area contributed by atoms with E-state index in [0.717, 1.165) is 33.9 Å². The fraction of sp³-hybridized carbons (Fsp3) is 0.150. The highest BCUT2D eigenvalue weighted by atomic mass is 35.5. The molecule has 0 heterocycles. The number of nitrogens with zero attached hydrogens (tertiary/aromatic N) is 4. The van der Waals surface area contributed by atoms with E-state index in [1.54, 1.807) is 24.3 Å². The molecule has 0 radical (unpaired) electrons. The van der Waals surface area contributed by atoms with Gasteiger partial charge < -0.3 is 41.5 Å². The molecule has 15 heteroatoms. The monoisotopic (exact) mass is 1320 g/mol. The second-order valence-corrected chi connectivity index (χ2v) is 26.6. The van der Waals surface area contributed by atoms with Gasteiger partial charge in [0, 0.05) is 118 Å². The first-order valence-corrected chi connectivity index (χ1v) is 33.7. The Balaban J connectivity index is 0.000000183. The second kappa shape index (κ2) is 32.3. The van der Waals surface area contributed by atoms with E-state index in [-0.39, 0.29) is 34.0 Å². The van der Waals surface area contributed by atoms with Gasteiger partial charge in [-0.25, -0.2) is 26.4 Å². The molecule has 0 amide bonds. The van der Waals surface area contributed by atoms with Crippen LogP contribution in [0.2, 0.25) is 0 Å². The molecule has 2 aliphatic carbocycles. The summed E-state index contributed by atoms with van der Waals surface area (Å²) in [5.74, 6) is 0.461. The van der Waals surface area contributed by atoms with Crippen LogP contribution in [0.3, 0.4) is 0 Å². The number of para-hydroxylation sites is 2. The predicted molar refractivity (Wildman–Crippen MR) is 388 cm³/mol. The molecule has 0 saturated heterocycles. The minimum absolute atomic E-state index is 0. The Labute approximate surface area is 567 Å². The molecule has 1 atom stereocenters. The number of hydrogen-bond donors (Lipinski definition) is 2. The van der Waals surface area contributed by atoms with Crippen LogP contribution in [-0.2, 0) is 20.2 Å². The fourth-order valence-corrected chi connectivity index (χ4v) is 12.0. The van der Waals surface area contributed by atoms with Crippen molar-refractivity contribution in [1.29, 1.82) is 0 Å². The van der Waals surface area contributed by atoms with Crippen molar-refractivity contribution in [3.8, 4) is 0 Å². The highest BCUT2D eigenvalue weighted by Crippen LogP contribution is 2.42. The topological polar surface area (TPSA) is 153 Å². The summed E-state index contributed by atoms with van der Waals surface area (Å²) in [6, 6.07) is 81.0. The Morgan fingerprint density at radius 1 is 0.474 bits per heavy atom. The summed E-state index contributed by atoms with van der Waals surface area (Å²) in [5, 5.41) is 6.14. The molecular weight excluding hydrogens is 1240 g/mol. The number of halogens is 1. The molecule has 10 aromatic carbocycles. The van der Waals surface area contributed by atoms with E-state index in [1.807, 2.05) is 26.0 Å². The molecule has 0 bridgehead atoms. The second-order valence-electron chi connectivity index (χ2n) is 23.8. The van der Waals surface area contributed by atoms with Crippen molar-refractivity contribution in [2.45, 2.75) is 29.6 Å². The van der Waals surface area contributed by atoms with Gasteiger partial charge >= 0.3 is 0 Å². The van der Waals surface area contributed by atoms with Crippen LogP contribution in [0.1, 0.15) is 50.4 Å². The quantitative estimate of drug-likeness (QED) is 0.0842. The third-order valence-electron chi connectivity index (χ3n) is 16.2. The van der Waals surface area contributed by atoms with Gasteiger partial charge in [0.25, 0.3) is 0 Å². The van der Waals surface area contributed by atoms with E-state index in [1.165, 1.54) is 102 Å². The van der Waals surface area contributed by atoms with Gasteiger partial charge in [0.1, 0.15) is 34.3 Å². The van der Waals surface area contributed by atoms with Crippen LogP contribution in [-0.4, -0.2) is 98.3 Å². The van der Waals surface area contributed by atoms with Crippen LogP contribution < -0.4 is 37.4 Å². The number of hydrogen-bond acceptors (Lipinski definition) is 10. The van der Waals surface area contributed by atoms with Crippen molar-refractivity contribution in [2.75, 3.05) is 76.4 Å². The summed E-state index contributed by atoms with van der Waals surface area (Å²) in [6.07, 6.45) is 13.7. The fourth-order valence-electron chi connectivity index (χ4n) is 11.1. The maximum atomic E-state index is 10.4. The lowest BCUT2D eigenvalue weighted by molar-refractivity contribution is -0.462. The SMILES string of the molecule is CN(C)c1ccc(C(=C2C=CC(=[NH+]c3ccccc3)c3ccccc32)c2ccc(N(C)C)cc2)cc1.CN(C)c1ccc(C(c2ccc(Nc3ccccc3)c3ccccc23)C2C=CC(=[N+](C)C)C=C2)cc1.Cc1ccc(S(=O)(=O)[O-])cc1.Cc1ccc(S(=O)(=O)[O-])cc1.[Cl-]. The van der Waals surface area contributed by atoms with Gasteiger partial charge in [-0.2, -0.15) is 0 Å². The summed E-state index contributed by atoms with van der Waals surface area (Å²) in [4.78, 5) is 9.67. The van der Waals surface area contributed by atoms with Gasteiger partial charge in [-0.1, -0.05) is 169 Å². The largest absolute Gasteiger partial charge is 1.00 e. The Kier molecular flexibility index (Phi) is 24.1. The number of rotatable bonds is 13. The third-order valence-corrected chi connectivity index (χ3v) is 17.9. The summed E-state index contributed by atoms with van der Waals surface area (Å²) < 4.78 is 64.5. The molecular formula is C80H80ClN6O6S2-. The molecule has 0 fully saturated rings. The van der Waals surface area contributed by atoms with Crippen LogP contribution in [0.4, 0.5) is 34.1 Å². The van der Waals surface area contributed by atoms with Crippen molar-refractivity contribution in [3.63, 3.8) is 0 Å². The average molecular weight is 1320 g/mol. The zero-order valence-corrected chi connectivity index (χ0v) is 57.5. The Hall–Kier alpha value is -9.93. The van der Waals surface area contributed by atoms with Gasteiger partial charge in [0.2, 0.25) is 11.4 Å². The summed E-state index contributed by atoms with van der Waals surface area (Å²) in [6.45, 7) is 3.64. The highest BCUT2D eigenvalue weighted by Gasteiger charge is 2.27. The molecule has 95 heavy (non-hydrogen) atoms. The van der Waals surface area contributed by atoms with E-state index in [0.29, 0.717) is 0 Å². The smallest absolute Gasteiger partial charge is 0.211 e. The Bertz CT molecular complexity index is 4520. The van der Waals surface area contributed by atoms with E-state index in [2.05, 4.69) is 304 Å². The summed E-state index contributed by atoms with van der Waals surface area (Å²) >= 11 is 0. The minimum Gasteiger partial charge on any atom is -1.00 e. The Morgan fingerprint density at radius 3 is 1.37 bits per heavy atom. The molecule has 12 rings (SSSR count). The molecule has 2 N–H and O–H groups in total. The molecule has 0 aliphatic heterocycles. The third kappa shape index (κ3) is 18.7. The summed E-state index contributed by atoms with van der Waals surface area (Å²) in [7, 11) is 8.12. The number of anilines is 5. The van der Waals surface area contributed by atoms with Gasteiger partial charge in [-0.05, 0) is 149 Å². The van der Waals surface area contributed by atoms with E-state index < -0.39 is 20.2 Å². The molecule has 1 unspecified atom stereocenters. The Morgan fingerprint density at radius 2 is 0.905 bits per heavy atom. The molecule has 10 aromatic rings. The van der Waals surface area contributed by atoms with Crippen LogP contribution in [0.15, 0.2) is 289 Å². The van der Waals surface area contributed by atoms with Crippen molar-refractivity contribution in [1.82, 2.24) is 0 Å². The molecule has 0 saturated carbocycles. The molecule has 2 aliphatic rings. The lowest BCUT2D eigenvalue weighted by Crippen LogP contribution is -3.00. The van der Waals surface area contributed by atoms with Crippen LogP contribution in [0.25, 0.3) is 21.9 Å². The number of allylic oxidation sites excluding steroid dienone is 7. The normalized spacial score (nSPS) is 13.7. The number of nitrogens with one attached hydrogen (secondary N) is 2. The molecule has 12 nitrogen and oxygen atoms in total. The zero-order chi connectivity index (χ0) is 67.1. The van der Waals surface area contributed by atoms with Gasteiger partial charge in [-0.3, -0.25) is 0 Å². The van der Waals surface area contributed by atoms with Crippen molar-refractivity contribution >= 4 is 87.7 Å². The maximum Gasteiger partial charge on any atom is 0.211 e. The van der Waals surface area contributed by atoms with Gasteiger partial charge in [-0.15, -0.1) is 0 Å². The summed E-state index contributed by atoms with van der Waals surface area (Å²) in [5.41, 5.74) is 21.0. The standard InChI is InChI=1S/C33H34N3.C33H31N3.2C7H8O3S.ClH/c2*1-35(2)27-18-14-24(15-19-27)33(25-16-20-28(21-17-25)36(3)4)31-22-23-32(30-13-9-8-12-29(30)31)34-26-10-6-5-7-11-26;2*1-6-2-4-7(5-3-6)11(8,9)10;/h5-24,33-34H,1-4H3;5-23H,1-4H3;2*2-5H,1H3,(H,8,9,10);1H/q+1;;;;/p-2. The van der Waals surface area contributed by atoms with Crippen LogP contribution >= 0.6 is 0 Å². The first kappa shape index (κ1) is 70.9. The van der Waals surface area contributed by atoms with E-state index in [4.69, 9.17) is 0 Å². The minimum atomic E-state index is -4.27. The zero-order valence-electron chi connectivity index (χ0n) is 55.1.